The van der Waals surface area contributed by atoms with Gasteiger partial charge in [0.1, 0.15) is 11.4 Å². The highest BCUT2D eigenvalue weighted by Crippen LogP contribution is 2.33. The Morgan fingerprint density at radius 3 is 2.79 bits per heavy atom. The van der Waals surface area contributed by atoms with Crippen LogP contribution in [0.2, 0.25) is 0 Å². The maximum Gasteiger partial charge on any atom is 0.306 e. The molecule has 0 radical (unpaired) electrons. The lowest BCUT2D eigenvalue weighted by molar-refractivity contribution is -0.143. The third-order valence-electron chi connectivity index (χ3n) is 6.87. The Morgan fingerprint density at radius 1 is 1.18 bits per heavy atom. The second-order valence-corrected chi connectivity index (χ2v) is 9.46. The van der Waals surface area contributed by atoms with E-state index < -0.39 is 5.97 Å². The summed E-state index contributed by atoms with van der Waals surface area (Å²) in [7, 11) is 1.85. The van der Waals surface area contributed by atoms with Gasteiger partial charge in [0, 0.05) is 13.5 Å². The van der Waals surface area contributed by atoms with Crippen LogP contribution in [0.15, 0.2) is 12.1 Å². The molecular formula is C23H30N8O3. The smallest absolute Gasteiger partial charge is 0.306 e. The van der Waals surface area contributed by atoms with Gasteiger partial charge in [0.15, 0.2) is 5.82 Å². The molecule has 3 heterocycles. The van der Waals surface area contributed by atoms with Gasteiger partial charge in [0.25, 0.3) is 0 Å². The number of aryl methyl sites for hydroxylation is 3. The van der Waals surface area contributed by atoms with Crippen LogP contribution in [0.3, 0.4) is 0 Å². The summed E-state index contributed by atoms with van der Waals surface area (Å²) in [6.45, 7) is 2.35. The van der Waals surface area contributed by atoms with Crippen molar-refractivity contribution >= 4 is 5.97 Å². The topological polar surface area (TPSA) is 134 Å². The quantitative estimate of drug-likeness (QED) is 0.505. The number of nitrogens with zero attached hydrogens (tertiary/aromatic N) is 8. The molecule has 0 spiro atoms. The first kappa shape index (κ1) is 22.4. The molecule has 180 valence electrons. The molecular weight excluding hydrogens is 436 g/mol. The number of hydrogen-bond donors (Lipinski definition) is 1. The molecule has 5 rings (SSSR count). The Labute approximate surface area is 197 Å². The Balaban J connectivity index is 1.32. The molecule has 3 aromatic heterocycles. The summed E-state index contributed by atoms with van der Waals surface area (Å²) < 4.78 is 9.70. The van der Waals surface area contributed by atoms with Crippen molar-refractivity contribution in [3.63, 3.8) is 0 Å². The molecule has 0 saturated heterocycles. The van der Waals surface area contributed by atoms with E-state index in [1.165, 1.54) is 12.8 Å². The summed E-state index contributed by atoms with van der Waals surface area (Å²) in [5.41, 5.74) is 2.99. The van der Waals surface area contributed by atoms with Crippen molar-refractivity contribution in [3.05, 3.63) is 29.3 Å². The Hall–Kier alpha value is -3.37. The fourth-order valence-electron chi connectivity index (χ4n) is 4.62. The number of aliphatic carboxylic acids is 1. The van der Waals surface area contributed by atoms with Gasteiger partial charge in [-0.2, -0.15) is 0 Å². The predicted molar refractivity (Wildman–Crippen MR) is 121 cm³/mol. The molecule has 34 heavy (non-hydrogen) atoms. The average Bonchev–Trinajstić information content (AvgIpc) is 3.44. The zero-order chi connectivity index (χ0) is 23.7. The number of ether oxygens (including phenoxy) is 1. The molecule has 0 aromatic carbocycles. The van der Waals surface area contributed by atoms with E-state index in [2.05, 4.69) is 25.8 Å². The van der Waals surface area contributed by atoms with Gasteiger partial charge < -0.3 is 9.84 Å². The summed E-state index contributed by atoms with van der Waals surface area (Å²) in [6.07, 6.45) is 7.44. The van der Waals surface area contributed by atoms with Gasteiger partial charge in [-0.3, -0.25) is 4.79 Å². The summed E-state index contributed by atoms with van der Waals surface area (Å²) in [4.78, 5) is 16.1. The number of tetrazole rings is 1. The second-order valence-electron chi connectivity index (χ2n) is 9.46. The van der Waals surface area contributed by atoms with Crippen molar-refractivity contribution in [1.29, 1.82) is 0 Å². The number of carboxylic acid groups (broad SMARTS) is 1. The molecule has 0 bridgehead atoms. The Bertz CT molecular complexity index is 1170. The highest BCUT2D eigenvalue weighted by Gasteiger charge is 2.29. The summed E-state index contributed by atoms with van der Waals surface area (Å²) in [5.74, 6) is 1.28. The van der Waals surface area contributed by atoms with Gasteiger partial charge in [-0.1, -0.05) is 18.1 Å². The second kappa shape index (κ2) is 9.47. The van der Waals surface area contributed by atoms with Gasteiger partial charge in [0.05, 0.1) is 35.6 Å². The van der Waals surface area contributed by atoms with Crippen molar-refractivity contribution in [2.75, 3.05) is 0 Å². The van der Waals surface area contributed by atoms with Crippen molar-refractivity contribution in [1.82, 2.24) is 40.2 Å². The highest BCUT2D eigenvalue weighted by atomic mass is 16.5. The lowest BCUT2D eigenvalue weighted by Crippen LogP contribution is -2.29. The van der Waals surface area contributed by atoms with E-state index in [0.29, 0.717) is 36.5 Å². The lowest BCUT2D eigenvalue weighted by atomic mass is 9.87. The number of rotatable bonds is 9. The zero-order valence-corrected chi connectivity index (χ0v) is 19.6. The van der Waals surface area contributed by atoms with Crippen LogP contribution in [0.4, 0.5) is 0 Å². The average molecular weight is 467 g/mol. The van der Waals surface area contributed by atoms with Crippen LogP contribution in [0.5, 0.6) is 5.75 Å². The first-order valence-corrected chi connectivity index (χ1v) is 12.0. The van der Waals surface area contributed by atoms with E-state index in [1.807, 2.05) is 30.8 Å². The molecule has 11 nitrogen and oxygen atoms in total. The number of carbonyl (C=O) groups is 1. The maximum absolute atomic E-state index is 11.4. The Morgan fingerprint density at radius 2 is 2.03 bits per heavy atom. The van der Waals surface area contributed by atoms with E-state index in [1.54, 1.807) is 4.68 Å². The minimum Gasteiger partial charge on any atom is -0.489 e. The van der Waals surface area contributed by atoms with Crippen LogP contribution in [-0.4, -0.2) is 57.4 Å². The molecule has 0 amide bonds. The van der Waals surface area contributed by atoms with E-state index in [9.17, 15) is 9.90 Å². The van der Waals surface area contributed by atoms with Crippen molar-refractivity contribution in [2.45, 2.75) is 70.9 Å². The molecule has 1 N–H and O–H groups in total. The normalized spacial score (nSPS) is 20.4. The van der Waals surface area contributed by atoms with Crippen LogP contribution < -0.4 is 4.74 Å². The van der Waals surface area contributed by atoms with Crippen LogP contribution in [0.25, 0.3) is 11.4 Å². The molecule has 2 atom stereocenters. The minimum atomic E-state index is -0.744. The fraction of sp³-hybridized carbons (Fsp3) is 0.609. The first-order chi connectivity index (χ1) is 16.5. The zero-order valence-electron chi connectivity index (χ0n) is 19.6. The summed E-state index contributed by atoms with van der Waals surface area (Å²) >= 11 is 0. The van der Waals surface area contributed by atoms with E-state index in [-0.39, 0.29) is 12.0 Å². The number of pyridine rings is 1. The molecule has 11 heteroatoms. The van der Waals surface area contributed by atoms with E-state index in [4.69, 9.17) is 9.72 Å². The number of carboxylic acids is 1. The standard InChI is InChI=1S/C23H30N8O3/c1-14-20(34-17-5-3-4-16(12-17)23(32)33)10-9-18(24-14)22-19(30(2)28-26-22)13-31-21(25-27-29-31)11-8-15-6-7-15/h9-10,15-17H,3-8,11-13H2,1-2H3,(H,32,33)/t16-,17-/m0/s1. The van der Waals surface area contributed by atoms with Gasteiger partial charge in [-0.15, -0.1) is 10.2 Å². The van der Waals surface area contributed by atoms with Crippen molar-refractivity contribution in [2.24, 2.45) is 18.9 Å². The van der Waals surface area contributed by atoms with Crippen LogP contribution in [-0.2, 0) is 24.8 Å². The highest BCUT2D eigenvalue weighted by molar-refractivity contribution is 5.70. The van der Waals surface area contributed by atoms with Crippen LogP contribution >= 0.6 is 0 Å². The molecule has 2 fully saturated rings. The summed E-state index contributed by atoms with van der Waals surface area (Å²) in [6, 6.07) is 3.76. The number of aromatic nitrogens is 8. The van der Waals surface area contributed by atoms with Crippen molar-refractivity contribution < 1.29 is 14.6 Å². The first-order valence-electron chi connectivity index (χ1n) is 12.0. The van der Waals surface area contributed by atoms with Crippen molar-refractivity contribution in [3.8, 4) is 17.1 Å². The SMILES string of the molecule is Cc1nc(-c2nnn(C)c2Cn2nnnc2CCC2CC2)ccc1O[C@H]1CCC[C@H](C(=O)O)C1. The third kappa shape index (κ3) is 4.92. The third-order valence-corrected chi connectivity index (χ3v) is 6.87. The van der Waals surface area contributed by atoms with Gasteiger partial charge in [0.2, 0.25) is 0 Å². The largest absolute Gasteiger partial charge is 0.489 e. The fourth-order valence-corrected chi connectivity index (χ4v) is 4.62. The molecule has 2 aliphatic rings. The monoisotopic (exact) mass is 466 g/mol. The van der Waals surface area contributed by atoms with Gasteiger partial charge >= 0.3 is 5.97 Å². The molecule has 2 saturated carbocycles. The molecule has 0 aliphatic heterocycles. The van der Waals surface area contributed by atoms with Crippen LogP contribution in [0, 0.1) is 18.8 Å². The number of hydrogen-bond acceptors (Lipinski definition) is 8. The van der Waals surface area contributed by atoms with Crippen LogP contribution in [0.1, 0.15) is 62.2 Å². The minimum absolute atomic E-state index is 0.109. The molecule has 3 aromatic rings. The predicted octanol–water partition coefficient (Wildman–Crippen LogP) is 2.59. The van der Waals surface area contributed by atoms with Gasteiger partial charge in [-0.25, -0.2) is 14.3 Å². The lowest BCUT2D eigenvalue weighted by Gasteiger charge is -2.27. The Kier molecular flexibility index (Phi) is 6.25. The van der Waals surface area contributed by atoms with E-state index in [0.717, 1.165) is 48.8 Å². The van der Waals surface area contributed by atoms with Gasteiger partial charge in [-0.05, 0) is 67.5 Å². The van der Waals surface area contributed by atoms with E-state index >= 15 is 0 Å². The maximum atomic E-state index is 11.4. The molecule has 0 unspecified atom stereocenters. The molecule has 2 aliphatic carbocycles. The summed E-state index contributed by atoms with van der Waals surface area (Å²) in [5, 5.41) is 30.2.